The van der Waals surface area contributed by atoms with E-state index in [9.17, 15) is 0 Å². The molecule has 1 unspecified atom stereocenters. The SMILES string of the molecule is COC(C)CCc1nc2ccccc2[nH]1. The lowest BCUT2D eigenvalue weighted by Crippen LogP contribution is -2.06. The number of nitrogens with one attached hydrogen (secondary N) is 1. The number of aryl methyl sites for hydroxylation is 1. The zero-order valence-electron chi connectivity index (χ0n) is 9.16. The molecule has 1 heterocycles. The molecule has 0 spiro atoms. The van der Waals surface area contributed by atoms with E-state index in [4.69, 9.17) is 4.74 Å². The highest BCUT2D eigenvalue weighted by molar-refractivity contribution is 5.74. The van der Waals surface area contributed by atoms with Crippen molar-refractivity contribution in [3.63, 3.8) is 0 Å². The number of hydrogen-bond donors (Lipinski definition) is 1. The first-order valence-corrected chi connectivity index (χ1v) is 5.26. The fourth-order valence-corrected chi connectivity index (χ4v) is 1.58. The molecule has 1 N–H and O–H groups in total. The van der Waals surface area contributed by atoms with Gasteiger partial charge in [0.05, 0.1) is 17.1 Å². The van der Waals surface area contributed by atoms with E-state index in [1.165, 1.54) is 0 Å². The summed E-state index contributed by atoms with van der Waals surface area (Å²) in [5.41, 5.74) is 2.15. The summed E-state index contributed by atoms with van der Waals surface area (Å²) in [6.07, 6.45) is 2.22. The molecule has 0 amide bonds. The van der Waals surface area contributed by atoms with Gasteiger partial charge in [-0.3, -0.25) is 0 Å². The minimum absolute atomic E-state index is 0.290. The van der Waals surface area contributed by atoms with Crippen LogP contribution in [0.4, 0.5) is 0 Å². The minimum atomic E-state index is 0.290. The first-order valence-electron chi connectivity index (χ1n) is 5.26. The summed E-state index contributed by atoms with van der Waals surface area (Å²) in [6.45, 7) is 2.07. The van der Waals surface area contributed by atoms with Crippen molar-refractivity contribution in [2.45, 2.75) is 25.9 Å². The summed E-state index contributed by atoms with van der Waals surface area (Å²) in [5, 5.41) is 0. The van der Waals surface area contributed by atoms with Gasteiger partial charge in [0.1, 0.15) is 5.82 Å². The maximum atomic E-state index is 5.20. The van der Waals surface area contributed by atoms with Gasteiger partial charge < -0.3 is 9.72 Å². The van der Waals surface area contributed by atoms with Crippen molar-refractivity contribution in [2.24, 2.45) is 0 Å². The zero-order valence-corrected chi connectivity index (χ0v) is 9.16. The smallest absolute Gasteiger partial charge is 0.107 e. The summed E-state index contributed by atoms with van der Waals surface area (Å²) in [7, 11) is 1.74. The Morgan fingerprint density at radius 2 is 2.20 bits per heavy atom. The lowest BCUT2D eigenvalue weighted by atomic mass is 10.2. The number of rotatable bonds is 4. The van der Waals surface area contributed by atoms with E-state index in [2.05, 4.69) is 16.9 Å². The van der Waals surface area contributed by atoms with E-state index in [0.29, 0.717) is 6.10 Å². The van der Waals surface area contributed by atoms with Crippen molar-refractivity contribution in [1.29, 1.82) is 0 Å². The summed E-state index contributed by atoms with van der Waals surface area (Å²) >= 11 is 0. The molecule has 80 valence electrons. The van der Waals surface area contributed by atoms with Gasteiger partial charge in [-0.25, -0.2) is 4.98 Å². The molecule has 0 aliphatic rings. The maximum absolute atomic E-state index is 5.20. The molecular weight excluding hydrogens is 188 g/mol. The highest BCUT2D eigenvalue weighted by Gasteiger charge is 2.04. The molecule has 1 aromatic heterocycles. The Kier molecular flexibility index (Phi) is 3.02. The molecule has 15 heavy (non-hydrogen) atoms. The lowest BCUT2D eigenvalue weighted by molar-refractivity contribution is 0.111. The second-order valence-electron chi connectivity index (χ2n) is 3.79. The molecular formula is C12H16N2O. The van der Waals surface area contributed by atoms with Crippen LogP contribution in [0.3, 0.4) is 0 Å². The van der Waals surface area contributed by atoms with Crippen LogP contribution >= 0.6 is 0 Å². The predicted molar refractivity (Wildman–Crippen MR) is 60.9 cm³/mol. The largest absolute Gasteiger partial charge is 0.382 e. The molecule has 2 aromatic rings. The van der Waals surface area contributed by atoms with Crippen LogP contribution in [0, 0.1) is 0 Å². The highest BCUT2D eigenvalue weighted by Crippen LogP contribution is 2.12. The third kappa shape index (κ3) is 2.36. The Hall–Kier alpha value is -1.35. The second kappa shape index (κ2) is 4.45. The lowest BCUT2D eigenvalue weighted by Gasteiger charge is -2.06. The zero-order chi connectivity index (χ0) is 10.7. The maximum Gasteiger partial charge on any atom is 0.107 e. The molecule has 0 saturated heterocycles. The molecule has 0 bridgehead atoms. The first-order chi connectivity index (χ1) is 7.29. The summed E-state index contributed by atoms with van der Waals surface area (Å²) in [6, 6.07) is 8.09. The van der Waals surface area contributed by atoms with E-state index in [1.54, 1.807) is 7.11 Å². The van der Waals surface area contributed by atoms with Crippen molar-refractivity contribution in [2.75, 3.05) is 7.11 Å². The van der Waals surface area contributed by atoms with Crippen LogP contribution in [0.25, 0.3) is 11.0 Å². The van der Waals surface area contributed by atoms with Crippen LogP contribution in [-0.2, 0) is 11.2 Å². The standard InChI is InChI=1S/C12H16N2O/c1-9(15-2)7-8-12-13-10-5-3-4-6-11(10)14-12/h3-6,9H,7-8H2,1-2H3,(H,13,14). The van der Waals surface area contributed by atoms with Gasteiger partial charge in [0.15, 0.2) is 0 Å². The van der Waals surface area contributed by atoms with Crippen molar-refractivity contribution in [3.05, 3.63) is 30.1 Å². The number of H-pyrrole nitrogens is 1. The normalized spacial score (nSPS) is 13.2. The van der Waals surface area contributed by atoms with Gasteiger partial charge in [-0.05, 0) is 25.5 Å². The van der Waals surface area contributed by atoms with Gasteiger partial charge >= 0.3 is 0 Å². The number of nitrogens with zero attached hydrogens (tertiary/aromatic N) is 1. The Bertz CT molecular complexity index is 403. The topological polar surface area (TPSA) is 37.9 Å². The summed E-state index contributed by atoms with van der Waals surface area (Å²) in [5.74, 6) is 1.04. The third-order valence-electron chi connectivity index (χ3n) is 2.63. The van der Waals surface area contributed by atoms with E-state index in [1.807, 2.05) is 24.3 Å². The molecule has 0 fully saturated rings. The Morgan fingerprint density at radius 3 is 2.93 bits per heavy atom. The number of hydrogen-bond acceptors (Lipinski definition) is 2. The van der Waals surface area contributed by atoms with E-state index in [-0.39, 0.29) is 0 Å². The average molecular weight is 204 g/mol. The van der Waals surface area contributed by atoms with Gasteiger partial charge in [-0.15, -0.1) is 0 Å². The molecule has 0 saturated carbocycles. The van der Waals surface area contributed by atoms with Gasteiger partial charge in [-0.2, -0.15) is 0 Å². The molecule has 0 aliphatic heterocycles. The Labute approximate surface area is 89.5 Å². The average Bonchev–Trinajstić information content (AvgIpc) is 2.68. The fourth-order valence-electron chi connectivity index (χ4n) is 1.58. The molecule has 0 aliphatic carbocycles. The van der Waals surface area contributed by atoms with Crippen molar-refractivity contribution >= 4 is 11.0 Å². The van der Waals surface area contributed by atoms with Crippen LogP contribution < -0.4 is 0 Å². The van der Waals surface area contributed by atoms with Crippen LogP contribution in [0.5, 0.6) is 0 Å². The van der Waals surface area contributed by atoms with Crippen LogP contribution in [0.15, 0.2) is 24.3 Å². The van der Waals surface area contributed by atoms with Crippen molar-refractivity contribution in [1.82, 2.24) is 9.97 Å². The van der Waals surface area contributed by atoms with Crippen molar-refractivity contribution in [3.8, 4) is 0 Å². The van der Waals surface area contributed by atoms with Gasteiger partial charge in [0.2, 0.25) is 0 Å². The summed E-state index contributed by atoms with van der Waals surface area (Å²) in [4.78, 5) is 7.82. The monoisotopic (exact) mass is 204 g/mol. The number of para-hydroxylation sites is 2. The van der Waals surface area contributed by atoms with E-state index in [0.717, 1.165) is 29.7 Å². The van der Waals surface area contributed by atoms with Crippen LogP contribution in [0.2, 0.25) is 0 Å². The van der Waals surface area contributed by atoms with Crippen molar-refractivity contribution < 1.29 is 4.74 Å². The Morgan fingerprint density at radius 1 is 1.40 bits per heavy atom. The third-order valence-corrected chi connectivity index (χ3v) is 2.63. The van der Waals surface area contributed by atoms with E-state index < -0.39 is 0 Å². The van der Waals surface area contributed by atoms with Gasteiger partial charge in [0, 0.05) is 13.5 Å². The Balaban J connectivity index is 2.09. The molecule has 1 atom stereocenters. The number of aromatic amines is 1. The highest BCUT2D eigenvalue weighted by atomic mass is 16.5. The second-order valence-corrected chi connectivity index (χ2v) is 3.79. The van der Waals surface area contributed by atoms with E-state index >= 15 is 0 Å². The molecule has 1 aromatic carbocycles. The van der Waals surface area contributed by atoms with Gasteiger partial charge in [0.25, 0.3) is 0 Å². The first kappa shape index (κ1) is 10.2. The number of benzene rings is 1. The molecule has 3 nitrogen and oxygen atoms in total. The molecule has 2 rings (SSSR count). The predicted octanol–water partition coefficient (Wildman–Crippen LogP) is 2.53. The number of imidazole rings is 1. The van der Waals surface area contributed by atoms with Gasteiger partial charge in [-0.1, -0.05) is 12.1 Å². The minimum Gasteiger partial charge on any atom is -0.382 e. The molecule has 3 heteroatoms. The fraction of sp³-hybridized carbons (Fsp3) is 0.417. The number of methoxy groups -OCH3 is 1. The summed E-state index contributed by atoms with van der Waals surface area (Å²) < 4.78 is 5.20. The van der Waals surface area contributed by atoms with Crippen LogP contribution in [-0.4, -0.2) is 23.2 Å². The number of fused-ring (bicyclic) bond motifs is 1. The number of ether oxygens (including phenoxy) is 1. The quantitative estimate of drug-likeness (QED) is 0.831. The van der Waals surface area contributed by atoms with Crippen LogP contribution in [0.1, 0.15) is 19.2 Å². The molecule has 0 radical (unpaired) electrons. The number of aromatic nitrogens is 2.